The molecule has 0 unspecified atom stereocenters. The number of anilines is 1. The summed E-state index contributed by atoms with van der Waals surface area (Å²) in [7, 11) is 0. The Morgan fingerprint density at radius 3 is 2.60 bits per heavy atom. The summed E-state index contributed by atoms with van der Waals surface area (Å²) in [5.41, 5.74) is 1.06. The largest absolute Gasteiger partial charge is 0.360 e. The lowest BCUT2D eigenvalue weighted by atomic mass is 10.3. The molecule has 0 spiro atoms. The third-order valence-corrected chi connectivity index (χ3v) is 2.79. The van der Waals surface area contributed by atoms with Crippen molar-refractivity contribution in [1.82, 2.24) is 5.32 Å². The minimum atomic E-state index is 0.353. The number of hydrogen-bond donors (Lipinski definition) is 2. The van der Waals surface area contributed by atoms with Gasteiger partial charge in [0.15, 0.2) is 5.11 Å². The highest BCUT2D eigenvalue weighted by atomic mass is 32.2. The van der Waals surface area contributed by atoms with Crippen LogP contribution in [-0.2, 0) is 0 Å². The summed E-state index contributed by atoms with van der Waals surface area (Å²) in [6, 6.07) is 8.48. The first-order valence-electron chi connectivity index (χ1n) is 4.84. The van der Waals surface area contributed by atoms with E-state index < -0.39 is 0 Å². The first-order chi connectivity index (χ1) is 7.13. The lowest BCUT2D eigenvalue weighted by Gasteiger charge is -2.14. The normalized spacial score (nSPS) is 10.1. The van der Waals surface area contributed by atoms with E-state index in [1.807, 2.05) is 18.2 Å². The van der Waals surface area contributed by atoms with E-state index in [-0.39, 0.29) is 0 Å². The molecule has 0 amide bonds. The Labute approximate surface area is 101 Å². The van der Waals surface area contributed by atoms with Gasteiger partial charge in [0.2, 0.25) is 0 Å². The predicted molar refractivity (Wildman–Crippen MR) is 72.7 cm³/mol. The summed E-state index contributed by atoms with van der Waals surface area (Å²) in [6.45, 7) is 4.13. The molecule has 1 aromatic carbocycles. The van der Waals surface area contributed by atoms with E-state index >= 15 is 0 Å². The van der Waals surface area contributed by atoms with Crippen LogP contribution in [0.3, 0.4) is 0 Å². The zero-order valence-corrected chi connectivity index (χ0v) is 10.8. The molecule has 1 rings (SSSR count). The van der Waals surface area contributed by atoms with Gasteiger partial charge in [-0.2, -0.15) is 0 Å². The highest BCUT2D eigenvalue weighted by Crippen LogP contribution is 2.24. The van der Waals surface area contributed by atoms with E-state index in [1.165, 1.54) is 4.90 Å². The molecular formula is C11H16N2S2. The number of thiocarbonyl (C=S) groups is 1. The monoisotopic (exact) mass is 240 g/mol. The Bertz CT molecular complexity index is 337. The SMILES string of the molecule is CSc1ccccc1NC(=S)NC(C)C. The molecule has 0 aromatic heterocycles. The van der Waals surface area contributed by atoms with Crippen LogP contribution in [0.1, 0.15) is 13.8 Å². The second-order valence-electron chi connectivity index (χ2n) is 3.45. The quantitative estimate of drug-likeness (QED) is 0.626. The first-order valence-corrected chi connectivity index (χ1v) is 6.47. The second-order valence-corrected chi connectivity index (χ2v) is 4.71. The predicted octanol–water partition coefficient (Wildman–Crippen LogP) is 3.10. The average Bonchev–Trinajstić information content (AvgIpc) is 2.17. The van der Waals surface area contributed by atoms with Gasteiger partial charge in [0.05, 0.1) is 5.69 Å². The number of nitrogens with one attached hydrogen (secondary N) is 2. The molecule has 0 saturated heterocycles. The van der Waals surface area contributed by atoms with Gasteiger partial charge < -0.3 is 10.6 Å². The van der Waals surface area contributed by atoms with Gasteiger partial charge in [-0.15, -0.1) is 11.8 Å². The molecule has 4 heteroatoms. The highest BCUT2D eigenvalue weighted by molar-refractivity contribution is 7.98. The van der Waals surface area contributed by atoms with Crippen LogP contribution in [0.4, 0.5) is 5.69 Å². The molecule has 1 aromatic rings. The number of thioether (sulfide) groups is 1. The zero-order chi connectivity index (χ0) is 11.3. The van der Waals surface area contributed by atoms with Gasteiger partial charge in [-0.1, -0.05) is 12.1 Å². The van der Waals surface area contributed by atoms with E-state index in [2.05, 4.69) is 36.8 Å². The van der Waals surface area contributed by atoms with Gasteiger partial charge in [0.1, 0.15) is 0 Å². The summed E-state index contributed by atoms with van der Waals surface area (Å²) in [4.78, 5) is 1.20. The van der Waals surface area contributed by atoms with Crippen molar-refractivity contribution in [1.29, 1.82) is 0 Å². The number of benzene rings is 1. The fourth-order valence-corrected chi connectivity index (χ4v) is 2.07. The van der Waals surface area contributed by atoms with Crippen molar-refractivity contribution in [3.8, 4) is 0 Å². The maximum Gasteiger partial charge on any atom is 0.171 e. The van der Waals surface area contributed by atoms with Crippen LogP contribution in [0, 0.1) is 0 Å². The fraction of sp³-hybridized carbons (Fsp3) is 0.364. The summed E-state index contributed by atoms with van der Waals surface area (Å²) in [5.74, 6) is 0. The van der Waals surface area contributed by atoms with E-state index in [9.17, 15) is 0 Å². The molecule has 0 saturated carbocycles. The van der Waals surface area contributed by atoms with Crippen LogP contribution < -0.4 is 10.6 Å². The molecule has 2 nitrogen and oxygen atoms in total. The summed E-state index contributed by atoms with van der Waals surface area (Å²) >= 11 is 6.89. The molecule has 0 heterocycles. The van der Waals surface area contributed by atoms with Crippen LogP contribution in [0.25, 0.3) is 0 Å². The van der Waals surface area contributed by atoms with Crippen molar-refractivity contribution in [2.75, 3.05) is 11.6 Å². The van der Waals surface area contributed by atoms with Crippen molar-refractivity contribution in [2.45, 2.75) is 24.8 Å². The molecule has 0 radical (unpaired) electrons. The standard InChI is InChI=1S/C11H16N2S2/c1-8(2)12-11(14)13-9-6-4-5-7-10(9)15-3/h4-8H,1-3H3,(H2,12,13,14). The van der Waals surface area contributed by atoms with Gasteiger partial charge >= 0.3 is 0 Å². The van der Waals surface area contributed by atoms with Crippen LogP contribution in [-0.4, -0.2) is 17.4 Å². The Hall–Kier alpha value is -0.740. The molecule has 0 atom stereocenters. The molecule has 0 aliphatic rings. The van der Waals surface area contributed by atoms with Gasteiger partial charge in [0, 0.05) is 10.9 Å². The van der Waals surface area contributed by atoms with Crippen molar-refractivity contribution < 1.29 is 0 Å². The van der Waals surface area contributed by atoms with Gasteiger partial charge in [-0.25, -0.2) is 0 Å². The second kappa shape index (κ2) is 5.98. The molecule has 0 aliphatic heterocycles. The lowest BCUT2D eigenvalue weighted by molar-refractivity contribution is 0.739. The number of rotatable bonds is 3. The molecule has 0 fully saturated rings. The first kappa shape index (κ1) is 12.3. The fourth-order valence-electron chi connectivity index (χ4n) is 1.17. The van der Waals surface area contributed by atoms with Crippen molar-refractivity contribution in [3.63, 3.8) is 0 Å². The molecular weight excluding hydrogens is 224 g/mol. The maximum atomic E-state index is 5.19. The molecule has 15 heavy (non-hydrogen) atoms. The lowest BCUT2D eigenvalue weighted by Crippen LogP contribution is -2.34. The van der Waals surface area contributed by atoms with Crippen molar-refractivity contribution in [2.24, 2.45) is 0 Å². The van der Waals surface area contributed by atoms with E-state index in [1.54, 1.807) is 11.8 Å². The van der Waals surface area contributed by atoms with E-state index in [0.717, 1.165) is 5.69 Å². The molecule has 2 N–H and O–H groups in total. The molecule has 0 bridgehead atoms. The van der Waals surface area contributed by atoms with Crippen molar-refractivity contribution >= 4 is 34.8 Å². The van der Waals surface area contributed by atoms with Crippen LogP contribution in [0.2, 0.25) is 0 Å². The summed E-state index contributed by atoms with van der Waals surface area (Å²) in [6.07, 6.45) is 2.05. The van der Waals surface area contributed by atoms with E-state index in [0.29, 0.717) is 11.2 Å². The van der Waals surface area contributed by atoms with Gasteiger partial charge in [-0.05, 0) is 44.5 Å². The summed E-state index contributed by atoms with van der Waals surface area (Å²) < 4.78 is 0. The Balaban J connectivity index is 2.67. The smallest absolute Gasteiger partial charge is 0.171 e. The van der Waals surface area contributed by atoms with Crippen LogP contribution in [0.15, 0.2) is 29.2 Å². The van der Waals surface area contributed by atoms with E-state index in [4.69, 9.17) is 12.2 Å². The van der Waals surface area contributed by atoms with Crippen LogP contribution in [0.5, 0.6) is 0 Å². The average molecular weight is 240 g/mol. The van der Waals surface area contributed by atoms with Gasteiger partial charge in [-0.3, -0.25) is 0 Å². The van der Waals surface area contributed by atoms with Crippen LogP contribution >= 0.6 is 24.0 Å². The Morgan fingerprint density at radius 1 is 1.33 bits per heavy atom. The number of hydrogen-bond acceptors (Lipinski definition) is 2. The maximum absolute atomic E-state index is 5.19. The minimum absolute atomic E-state index is 0.353. The Morgan fingerprint density at radius 2 is 2.00 bits per heavy atom. The number of para-hydroxylation sites is 1. The highest BCUT2D eigenvalue weighted by Gasteiger charge is 2.03. The zero-order valence-electron chi connectivity index (χ0n) is 9.20. The minimum Gasteiger partial charge on any atom is -0.360 e. The topological polar surface area (TPSA) is 24.1 Å². The van der Waals surface area contributed by atoms with Crippen molar-refractivity contribution in [3.05, 3.63) is 24.3 Å². The third-order valence-electron chi connectivity index (χ3n) is 1.77. The Kier molecular flexibility index (Phi) is 4.91. The summed E-state index contributed by atoms with van der Waals surface area (Å²) in [5, 5.41) is 7.02. The third kappa shape index (κ3) is 4.10. The molecule has 82 valence electrons. The van der Waals surface area contributed by atoms with Gasteiger partial charge in [0.25, 0.3) is 0 Å². The molecule has 0 aliphatic carbocycles.